The summed E-state index contributed by atoms with van der Waals surface area (Å²) >= 11 is 1.11. The quantitative estimate of drug-likeness (QED) is 0.506. The summed E-state index contributed by atoms with van der Waals surface area (Å²) in [5.41, 5.74) is 5.65. The molecule has 118 valence electrons. The van der Waals surface area contributed by atoms with Gasteiger partial charge in [0, 0.05) is 10.5 Å². The van der Waals surface area contributed by atoms with E-state index >= 15 is 0 Å². The van der Waals surface area contributed by atoms with Crippen LogP contribution in [0.4, 0.5) is 0 Å². The van der Waals surface area contributed by atoms with E-state index in [1.165, 1.54) is 11.8 Å². The number of aliphatic hydroxyl groups is 1. The molecule has 0 unspecified atom stereocenters. The van der Waals surface area contributed by atoms with Crippen molar-refractivity contribution in [2.45, 2.75) is 25.5 Å². The molecule has 3 rings (SSSR count). The molecule has 2 amide bonds. The second-order valence-electron chi connectivity index (χ2n) is 5.41. The van der Waals surface area contributed by atoms with E-state index in [4.69, 9.17) is 5.73 Å². The fraction of sp³-hybridized carbons (Fsp3) is 0.357. The van der Waals surface area contributed by atoms with E-state index < -0.39 is 23.9 Å². The topological polar surface area (TPSA) is 121 Å². The third kappa shape index (κ3) is 2.74. The van der Waals surface area contributed by atoms with Crippen LogP contribution in [0.3, 0.4) is 0 Å². The van der Waals surface area contributed by atoms with Gasteiger partial charge in [-0.25, -0.2) is 4.79 Å². The van der Waals surface area contributed by atoms with Crippen LogP contribution in [0, 0.1) is 5.92 Å². The Labute approximate surface area is 158 Å². The third-order valence-electron chi connectivity index (χ3n) is 4.08. The number of carboxylic acids is 1. The molecule has 9 heteroatoms. The molecule has 4 N–H and O–H groups in total. The minimum atomic E-state index is -1.19. The Morgan fingerprint density at radius 3 is 2.57 bits per heavy atom. The Kier molecular flexibility index (Phi) is 5.03. The van der Waals surface area contributed by atoms with Crippen molar-refractivity contribution < 1.29 is 24.6 Å². The van der Waals surface area contributed by atoms with Gasteiger partial charge in [-0.3, -0.25) is 9.59 Å². The van der Waals surface area contributed by atoms with Gasteiger partial charge in [0.2, 0.25) is 5.91 Å². The predicted molar refractivity (Wildman–Crippen MR) is 85.0 cm³/mol. The molecule has 0 radical (unpaired) electrons. The maximum absolute atomic E-state index is 12.1. The van der Waals surface area contributed by atoms with Crippen molar-refractivity contribution in [2.24, 2.45) is 11.7 Å². The van der Waals surface area contributed by atoms with Gasteiger partial charge in [0.1, 0.15) is 5.70 Å². The monoisotopic (exact) mass is 346 g/mol. The first kappa shape index (κ1) is 18.2. The van der Waals surface area contributed by atoms with Gasteiger partial charge < -0.3 is 20.8 Å². The second kappa shape index (κ2) is 6.37. The van der Waals surface area contributed by atoms with Crippen molar-refractivity contribution in [3.8, 4) is 0 Å². The normalized spacial score (nSPS) is 23.9. The third-order valence-corrected chi connectivity index (χ3v) is 5.24. The average molecular weight is 346 g/mol. The average Bonchev–Trinajstić information content (AvgIpc) is 2.99. The summed E-state index contributed by atoms with van der Waals surface area (Å²) in [4.78, 5) is 37.0. The van der Waals surface area contributed by atoms with Crippen LogP contribution in [0.25, 0.3) is 5.57 Å². The standard InChI is InChI=1S/C14H14N2O5S.Na.H/c1-5(17)10-7-4-6(8-2-3-9(22-8)12(15)18)11(14(20)21)16(7)13(10)19;;/h2-3,5,7,10,17H,4H2,1H3,(H2,15,18)(H,20,21);;/t5-,7-,10-;;/m1../s1. The van der Waals surface area contributed by atoms with Gasteiger partial charge in [-0.1, -0.05) is 0 Å². The maximum atomic E-state index is 12.1. The van der Waals surface area contributed by atoms with Gasteiger partial charge >= 0.3 is 35.5 Å². The van der Waals surface area contributed by atoms with E-state index in [1.807, 2.05) is 0 Å². The SMILES string of the molecule is C[C@@H](O)[C@H]1C(=O)N2C(C(=O)O)=C(c3ccc(C(N)=O)s3)C[C@H]12.[NaH]. The molecular formula is C14H15N2NaO5S. The van der Waals surface area contributed by atoms with Crippen LogP contribution in [0.5, 0.6) is 0 Å². The number of rotatable bonds is 4. The number of β-lactam (4-membered cyclic amide) rings is 1. The zero-order chi connectivity index (χ0) is 16.2. The molecule has 0 aliphatic carbocycles. The molecule has 3 heterocycles. The van der Waals surface area contributed by atoms with Crippen molar-refractivity contribution in [1.29, 1.82) is 0 Å². The first-order chi connectivity index (χ1) is 10.3. The Bertz CT molecular complexity index is 727. The summed E-state index contributed by atoms with van der Waals surface area (Å²) in [5, 5.41) is 19.1. The second-order valence-corrected chi connectivity index (χ2v) is 6.49. The molecule has 23 heavy (non-hydrogen) atoms. The van der Waals surface area contributed by atoms with Crippen LogP contribution in [-0.4, -0.2) is 74.6 Å². The predicted octanol–water partition coefficient (Wildman–Crippen LogP) is -0.394. The molecule has 0 saturated carbocycles. The number of thiophene rings is 1. The van der Waals surface area contributed by atoms with E-state index in [2.05, 4.69) is 0 Å². The summed E-state index contributed by atoms with van der Waals surface area (Å²) in [5.74, 6) is -2.72. The molecule has 1 saturated heterocycles. The molecule has 1 fully saturated rings. The number of aliphatic carboxylic acids is 1. The molecule has 7 nitrogen and oxygen atoms in total. The van der Waals surface area contributed by atoms with E-state index in [9.17, 15) is 24.6 Å². The summed E-state index contributed by atoms with van der Waals surface area (Å²) < 4.78 is 0. The van der Waals surface area contributed by atoms with Gasteiger partial charge in [0.05, 0.1) is 22.9 Å². The van der Waals surface area contributed by atoms with Crippen LogP contribution in [0.15, 0.2) is 17.8 Å². The molecule has 1 aromatic rings. The molecular weight excluding hydrogens is 331 g/mol. The summed E-state index contributed by atoms with van der Waals surface area (Å²) in [6.45, 7) is 1.52. The number of hydrogen-bond acceptors (Lipinski definition) is 5. The number of fused-ring (bicyclic) bond motifs is 1. The molecule has 0 aromatic carbocycles. The Morgan fingerprint density at radius 1 is 1.43 bits per heavy atom. The van der Waals surface area contributed by atoms with E-state index in [0.29, 0.717) is 21.7 Å². The Hall–Kier alpha value is -1.19. The summed E-state index contributed by atoms with van der Waals surface area (Å²) in [6.07, 6.45) is -0.477. The number of carbonyl (C=O) groups excluding carboxylic acids is 2. The van der Waals surface area contributed by atoms with E-state index in [1.54, 1.807) is 12.1 Å². The number of aliphatic hydroxyl groups excluding tert-OH is 1. The van der Waals surface area contributed by atoms with Gasteiger partial charge in [-0.2, -0.15) is 0 Å². The minimum absolute atomic E-state index is 0. The van der Waals surface area contributed by atoms with Crippen molar-refractivity contribution >= 4 is 64.3 Å². The van der Waals surface area contributed by atoms with Crippen LogP contribution in [-0.2, 0) is 9.59 Å². The molecule has 3 atom stereocenters. The zero-order valence-electron chi connectivity index (χ0n) is 11.6. The van der Waals surface area contributed by atoms with Gasteiger partial charge in [-0.05, 0) is 25.5 Å². The first-order valence-corrected chi connectivity index (χ1v) is 7.52. The number of carbonyl (C=O) groups is 3. The van der Waals surface area contributed by atoms with Crippen molar-refractivity contribution in [1.82, 2.24) is 4.90 Å². The zero-order valence-corrected chi connectivity index (χ0v) is 12.5. The van der Waals surface area contributed by atoms with Crippen LogP contribution in [0.2, 0.25) is 0 Å². The molecule has 1 aromatic heterocycles. The fourth-order valence-corrected chi connectivity index (χ4v) is 4.04. The molecule has 0 bridgehead atoms. The van der Waals surface area contributed by atoms with Crippen LogP contribution in [0.1, 0.15) is 27.9 Å². The van der Waals surface area contributed by atoms with Crippen molar-refractivity contribution in [3.63, 3.8) is 0 Å². The fourth-order valence-electron chi connectivity index (χ4n) is 3.12. The van der Waals surface area contributed by atoms with E-state index in [-0.39, 0.29) is 47.2 Å². The van der Waals surface area contributed by atoms with E-state index in [0.717, 1.165) is 11.3 Å². The number of hydrogen-bond donors (Lipinski definition) is 3. The number of carboxylic acid groups (broad SMARTS) is 1. The van der Waals surface area contributed by atoms with Gasteiger partial charge in [0.25, 0.3) is 5.91 Å². The first-order valence-electron chi connectivity index (χ1n) is 6.70. The number of nitrogens with two attached hydrogens (primary N) is 1. The van der Waals surface area contributed by atoms with Gasteiger partial charge in [0.15, 0.2) is 0 Å². The number of primary amides is 1. The molecule has 0 spiro atoms. The molecule has 2 aliphatic heterocycles. The molecule has 2 aliphatic rings. The number of amides is 2. The summed E-state index contributed by atoms with van der Waals surface area (Å²) in [7, 11) is 0. The van der Waals surface area contributed by atoms with Gasteiger partial charge in [-0.15, -0.1) is 11.3 Å². The van der Waals surface area contributed by atoms with Crippen molar-refractivity contribution in [2.75, 3.05) is 0 Å². The summed E-state index contributed by atoms with van der Waals surface area (Å²) in [6, 6.07) is 2.84. The Morgan fingerprint density at radius 2 is 2.09 bits per heavy atom. The van der Waals surface area contributed by atoms with Crippen LogP contribution >= 0.6 is 11.3 Å². The number of nitrogens with zero attached hydrogens (tertiary/aromatic N) is 1. The Balaban J connectivity index is 0.00000192. The van der Waals surface area contributed by atoms with Crippen LogP contribution < -0.4 is 5.73 Å². The van der Waals surface area contributed by atoms with Crippen molar-refractivity contribution in [3.05, 3.63) is 27.6 Å².